The lowest BCUT2D eigenvalue weighted by atomic mass is 9.91. The fourth-order valence-corrected chi connectivity index (χ4v) is 2.67. The molecule has 0 radical (unpaired) electrons. The van der Waals surface area contributed by atoms with E-state index in [4.69, 9.17) is 5.73 Å². The quantitative estimate of drug-likeness (QED) is 0.874. The highest BCUT2D eigenvalue weighted by molar-refractivity contribution is 5.79. The van der Waals surface area contributed by atoms with E-state index in [0.29, 0.717) is 5.41 Å². The third-order valence-electron chi connectivity index (χ3n) is 3.92. The van der Waals surface area contributed by atoms with Crippen LogP contribution in [0.2, 0.25) is 0 Å². The number of hydrogen-bond acceptors (Lipinski definition) is 2. The van der Waals surface area contributed by atoms with Gasteiger partial charge in [0, 0.05) is 11.1 Å². The molecular weight excluding hydrogens is 208 g/mol. The number of pyridine rings is 1. The van der Waals surface area contributed by atoms with E-state index in [1.165, 1.54) is 23.8 Å². The van der Waals surface area contributed by atoms with Crippen LogP contribution in [0.3, 0.4) is 0 Å². The summed E-state index contributed by atoms with van der Waals surface area (Å²) in [7, 11) is 0. The van der Waals surface area contributed by atoms with Gasteiger partial charge in [0.25, 0.3) is 0 Å². The molecule has 1 aromatic heterocycles. The third kappa shape index (κ3) is 1.83. The van der Waals surface area contributed by atoms with E-state index in [-0.39, 0.29) is 0 Å². The summed E-state index contributed by atoms with van der Waals surface area (Å²) in [6.45, 7) is 2.81. The van der Waals surface area contributed by atoms with Gasteiger partial charge in [-0.2, -0.15) is 0 Å². The largest absolute Gasteiger partial charge is 0.330 e. The van der Waals surface area contributed by atoms with Gasteiger partial charge in [-0.1, -0.05) is 12.1 Å². The van der Waals surface area contributed by atoms with E-state index in [1.807, 2.05) is 6.92 Å². The highest BCUT2D eigenvalue weighted by atomic mass is 14.7. The van der Waals surface area contributed by atoms with Crippen LogP contribution in [-0.4, -0.2) is 11.5 Å². The number of aryl methyl sites for hydroxylation is 1. The summed E-state index contributed by atoms with van der Waals surface area (Å²) in [6, 6.07) is 10.9. The number of fused-ring (bicyclic) bond motifs is 1. The molecule has 1 aliphatic carbocycles. The molecule has 88 valence electrons. The molecule has 2 nitrogen and oxygen atoms in total. The van der Waals surface area contributed by atoms with Gasteiger partial charge in [0.1, 0.15) is 0 Å². The summed E-state index contributed by atoms with van der Waals surface area (Å²) in [5.41, 5.74) is 9.71. The van der Waals surface area contributed by atoms with Crippen molar-refractivity contribution in [2.75, 3.05) is 6.54 Å². The van der Waals surface area contributed by atoms with Crippen molar-refractivity contribution in [1.29, 1.82) is 0 Å². The minimum atomic E-state index is 0.383. The van der Waals surface area contributed by atoms with Crippen molar-refractivity contribution in [3.63, 3.8) is 0 Å². The van der Waals surface area contributed by atoms with Crippen LogP contribution in [-0.2, 0) is 5.41 Å². The lowest BCUT2D eigenvalue weighted by Gasteiger charge is -2.15. The molecule has 17 heavy (non-hydrogen) atoms. The van der Waals surface area contributed by atoms with Crippen molar-refractivity contribution in [2.45, 2.75) is 31.6 Å². The van der Waals surface area contributed by atoms with Crippen molar-refractivity contribution < 1.29 is 0 Å². The summed E-state index contributed by atoms with van der Waals surface area (Å²) in [6.07, 6.45) is 3.68. The van der Waals surface area contributed by atoms with Gasteiger partial charge in [0.05, 0.1) is 5.52 Å². The number of benzene rings is 1. The Morgan fingerprint density at radius 2 is 2.06 bits per heavy atom. The predicted octanol–water partition coefficient (Wildman–Crippen LogP) is 2.92. The van der Waals surface area contributed by atoms with Crippen LogP contribution in [0.4, 0.5) is 0 Å². The molecule has 2 aromatic rings. The monoisotopic (exact) mass is 226 g/mol. The minimum Gasteiger partial charge on any atom is -0.330 e. The first-order valence-electron chi connectivity index (χ1n) is 6.31. The van der Waals surface area contributed by atoms with Crippen molar-refractivity contribution in [1.82, 2.24) is 4.98 Å². The number of nitrogens with two attached hydrogens (primary N) is 1. The number of rotatable bonds is 3. The fourth-order valence-electron chi connectivity index (χ4n) is 2.67. The van der Waals surface area contributed by atoms with E-state index in [9.17, 15) is 0 Å². The maximum Gasteiger partial charge on any atom is 0.0705 e. The van der Waals surface area contributed by atoms with E-state index in [2.05, 4.69) is 35.3 Å². The lowest BCUT2D eigenvalue weighted by Crippen LogP contribution is -2.13. The maximum atomic E-state index is 5.71. The SMILES string of the molecule is Cc1ccc2cc(C3(CCN)CC3)ccc2n1. The molecule has 1 heterocycles. The van der Waals surface area contributed by atoms with E-state index in [0.717, 1.165) is 24.2 Å². The zero-order chi connectivity index (χ0) is 11.9. The Balaban J connectivity index is 2.05. The predicted molar refractivity (Wildman–Crippen MR) is 71.1 cm³/mol. The molecule has 0 aliphatic heterocycles. The number of hydrogen-bond donors (Lipinski definition) is 1. The summed E-state index contributed by atoms with van der Waals surface area (Å²) in [4.78, 5) is 4.54. The normalized spacial score (nSPS) is 17.3. The molecule has 0 spiro atoms. The first-order chi connectivity index (χ1) is 8.23. The van der Waals surface area contributed by atoms with Gasteiger partial charge < -0.3 is 5.73 Å². The van der Waals surface area contributed by atoms with Crippen molar-refractivity contribution >= 4 is 10.9 Å². The van der Waals surface area contributed by atoms with Crippen LogP contribution < -0.4 is 5.73 Å². The van der Waals surface area contributed by atoms with Crippen LogP contribution in [0.15, 0.2) is 30.3 Å². The maximum absolute atomic E-state index is 5.71. The van der Waals surface area contributed by atoms with Crippen molar-refractivity contribution in [2.24, 2.45) is 5.73 Å². The number of aromatic nitrogens is 1. The van der Waals surface area contributed by atoms with Crippen LogP contribution >= 0.6 is 0 Å². The molecule has 1 aliphatic rings. The standard InChI is InChI=1S/C15H18N2/c1-11-2-3-12-10-13(4-5-14(12)17-11)15(6-7-15)8-9-16/h2-5,10H,6-9,16H2,1H3. The van der Waals surface area contributed by atoms with Gasteiger partial charge in [0.2, 0.25) is 0 Å². The fraction of sp³-hybridized carbons (Fsp3) is 0.400. The Morgan fingerprint density at radius 3 is 2.76 bits per heavy atom. The zero-order valence-corrected chi connectivity index (χ0v) is 10.2. The van der Waals surface area contributed by atoms with Crippen molar-refractivity contribution in [3.8, 4) is 0 Å². The smallest absolute Gasteiger partial charge is 0.0705 e. The second-order valence-corrected chi connectivity index (χ2v) is 5.18. The lowest BCUT2D eigenvalue weighted by molar-refractivity contribution is 0.630. The first-order valence-corrected chi connectivity index (χ1v) is 6.31. The molecule has 1 saturated carbocycles. The van der Waals surface area contributed by atoms with E-state index < -0.39 is 0 Å². The number of nitrogens with zero attached hydrogens (tertiary/aromatic N) is 1. The molecule has 0 atom stereocenters. The van der Waals surface area contributed by atoms with Gasteiger partial charge in [-0.3, -0.25) is 4.98 Å². The summed E-state index contributed by atoms with van der Waals surface area (Å²) < 4.78 is 0. The molecule has 1 aromatic carbocycles. The average molecular weight is 226 g/mol. The Hall–Kier alpha value is -1.41. The zero-order valence-electron chi connectivity index (χ0n) is 10.2. The summed E-state index contributed by atoms with van der Waals surface area (Å²) in [5.74, 6) is 0. The average Bonchev–Trinajstić information content (AvgIpc) is 3.10. The summed E-state index contributed by atoms with van der Waals surface area (Å²) in [5, 5.41) is 1.25. The van der Waals surface area contributed by atoms with Crippen LogP contribution in [0, 0.1) is 6.92 Å². The highest BCUT2D eigenvalue weighted by Gasteiger charge is 2.43. The molecule has 1 fully saturated rings. The molecule has 0 saturated heterocycles. The minimum absolute atomic E-state index is 0.383. The Kier molecular flexibility index (Phi) is 2.40. The highest BCUT2D eigenvalue weighted by Crippen LogP contribution is 2.51. The third-order valence-corrected chi connectivity index (χ3v) is 3.92. The van der Waals surface area contributed by atoms with Crippen LogP contribution in [0.25, 0.3) is 10.9 Å². The molecule has 0 unspecified atom stereocenters. The van der Waals surface area contributed by atoms with Gasteiger partial charge in [0.15, 0.2) is 0 Å². The Morgan fingerprint density at radius 1 is 1.24 bits per heavy atom. The first kappa shape index (κ1) is 10.7. The van der Waals surface area contributed by atoms with Gasteiger partial charge in [-0.05, 0) is 61.9 Å². The van der Waals surface area contributed by atoms with Gasteiger partial charge >= 0.3 is 0 Å². The van der Waals surface area contributed by atoms with Crippen molar-refractivity contribution in [3.05, 3.63) is 41.6 Å². The second kappa shape index (κ2) is 3.81. The Bertz CT molecular complexity index is 556. The molecule has 0 bridgehead atoms. The Labute approximate surface area is 102 Å². The second-order valence-electron chi connectivity index (χ2n) is 5.18. The molecule has 0 amide bonds. The van der Waals surface area contributed by atoms with E-state index in [1.54, 1.807) is 0 Å². The molecule has 3 rings (SSSR count). The molecular formula is C15H18N2. The van der Waals surface area contributed by atoms with Gasteiger partial charge in [-0.15, -0.1) is 0 Å². The summed E-state index contributed by atoms with van der Waals surface area (Å²) >= 11 is 0. The molecule has 2 N–H and O–H groups in total. The van der Waals surface area contributed by atoms with E-state index >= 15 is 0 Å². The topological polar surface area (TPSA) is 38.9 Å². The molecule has 2 heteroatoms. The van der Waals surface area contributed by atoms with Gasteiger partial charge in [-0.25, -0.2) is 0 Å². The van der Waals surface area contributed by atoms with Crippen LogP contribution in [0.5, 0.6) is 0 Å². The van der Waals surface area contributed by atoms with Crippen LogP contribution in [0.1, 0.15) is 30.5 Å².